The van der Waals surface area contributed by atoms with Crippen molar-refractivity contribution in [3.05, 3.63) is 46.2 Å². The lowest BCUT2D eigenvalue weighted by molar-refractivity contribution is 0.475. The standard InChI is InChI=1S/C13H13ClN2OS/c1-8-6-9(2)16-13(15-8)18-7-10-4-3-5-11(17)12(10)14/h3-6,17H,7H2,1-2H3. The van der Waals surface area contributed by atoms with Crippen LogP contribution >= 0.6 is 23.4 Å². The van der Waals surface area contributed by atoms with E-state index in [0.29, 0.717) is 10.8 Å². The van der Waals surface area contributed by atoms with Crippen LogP contribution in [0.15, 0.2) is 29.4 Å². The molecule has 94 valence electrons. The average Bonchev–Trinajstić information content (AvgIpc) is 2.30. The van der Waals surface area contributed by atoms with Crippen molar-refractivity contribution < 1.29 is 5.11 Å². The Morgan fingerprint density at radius 3 is 2.56 bits per heavy atom. The van der Waals surface area contributed by atoms with E-state index in [1.165, 1.54) is 11.8 Å². The van der Waals surface area contributed by atoms with Crippen LogP contribution < -0.4 is 0 Å². The van der Waals surface area contributed by atoms with Crippen molar-refractivity contribution >= 4 is 23.4 Å². The Kier molecular flexibility index (Phi) is 4.09. The summed E-state index contributed by atoms with van der Waals surface area (Å²) in [6.07, 6.45) is 0. The van der Waals surface area contributed by atoms with Crippen molar-refractivity contribution in [3.8, 4) is 5.75 Å². The maximum absolute atomic E-state index is 9.51. The summed E-state index contributed by atoms with van der Waals surface area (Å²) < 4.78 is 0. The highest BCUT2D eigenvalue weighted by atomic mass is 35.5. The van der Waals surface area contributed by atoms with Gasteiger partial charge in [0.1, 0.15) is 5.75 Å². The summed E-state index contributed by atoms with van der Waals surface area (Å²) in [5, 5.41) is 10.6. The summed E-state index contributed by atoms with van der Waals surface area (Å²) in [5.41, 5.74) is 2.78. The number of phenolic OH excluding ortho intramolecular Hbond substituents is 1. The Morgan fingerprint density at radius 2 is 1.89 bits per heavy atom. The molecule has 1 aromatic carbocycles. The van der Waals surface area contributed by atoms with Crippen molar-refractivity contribution in [2.75, 3.05) is 0 Å². The van der Waals surface area contributed by atoms with Gasteiger partial charge in [-0.25, -0.2) is 9.97 Å². The van der Waals surface area contributed by atoms with Crippen molar-refractivity contribution in [1.29, 1.82) is 0 Å². The van der Waals surface area contributed by atoms with Gasteiger partial charge in [0.2, 0.25) is 0 Å². The van der Waals surface area contributed by atoms with E-state index in [9.17, 15) is 5.11 Å². The van der Waals surface area contributed by atoms with Gasteiger partial charge in [0.25, 0.3) is 0 Å². The molecule has 0 spiro atoms. The fourth-order valence-electron chi connectivity index (χ4n) is 1.58. The number of hydrogen-bond donors (Lipinski definition) is 1. The third-order valence-corrected chi connectivity index (χ3v) is 3.71. The van der Waals surface area contributed by atoms with Crippen molar-refractivity contribution in [2.24, 2.45) is 0 Å². The molecule has 1 heterocycles. The number of halogens is 1. The zero-order valence-electron chi connectivity index (χ0n) is 10.1. The molecule has 0 saturated carbocycles. The van der Waals surface area contributed by atoms with E-state index in [1.807, 2.05) is 26.0 Å². The maximum atomic E-state index is 9.51. The first-order chi connectivity index (χ1) is 8.56. The van der Waals surface area contributed by atoms with Gasteiger partial charge in [-0.2, -0.15) is 0 Å². The minimum atomic E-state index is 0.108. The highest BCUT2D eigenvalue weighted by Gasteiger charge is 2.07. The predicted octanol–water partition coefficient (Wildman–Crippen LogP) is 3.74. The van der Waals surface area contributed by atoms with E-state index in [1.54, 1.807) is 12.1 Å². The summed E-state index contributed by atoms with van der Waals surface area (Å²) in [6.45, 7) is 3.89. The first-order valence-corrected chi connectivity index (χ1v) is 6.84. The second kappa shape index (κ2) is 5.59. The summed E-state index contributed by atoms with van der Waals surface area (Å²) >= 11 is 7.52. The number of aromatic nitrogens is 2. The molecule has 0 radical (unpaired) electrons. The van der Waals surface area contributed by atoms with Crippen LogP contribution in [0.5, 0.6) is 5.75 Å². The molecule has 0 unspecified atom stereocenters. The third kappa shape index (κ3) is 3.15. The van der Waals surface area contributed by atoms with Crippen LogP contribution in [0.1, 0.15) is 17.0 Å². The number of benzene rings is 1. The van der Waals surface area contributed by atoms with Crippen LogP contribution in [0.25, 0.3) is 0 Å². The Bertz CT molecular complexity index is 555. The maximum Gasteiger partial charge on any atom is 0.188 e. The lowest BCUT2D eigenvalue weighted by Crippen LogP contribution is -1.93. The molecule has 0 aliphatic heterocycles. The topological polar surface area (TPSA) is 46.0 Å². The van der Waals surface area contributed by atoms with Crippen LogP contribution in [0.4, 0.5) is 0 Å². The number of aryl methyl sites for hydroxylation is 2. The molecule has 18 heavy (non-hydrogen) atoms. The normalized spacial score (nSPS) is 10.6. The van der Waals surface area contributed by atoms with E-state index in [0.717, 1.165) is 22.1 Å². The van der Waals surface area contributed by atoms with Gasteiger partial charge in [-0.05, 0) is 31.5 Å². The molecule has 2 aromatic rings. The Labute approximate surface area is 115 Å². The molecule has 0 fully saturated rings. The molecule has 2 rings (SSSR count). The molecular weight excluding hydrogens is 268 g/mol. The number of rotatable bonds is 3. The number of thioether (sulfide) groups is 1. The zero-order valence-corrected chi connectivity index (χ0v) is 11.7. The monoisotopic (exact) mass is 280 g/mol. The van der Waals surface area contributed by atoms with Crippen LogP contribution in [-0.2, 0) is 5.75 Å². The van der Waals surface area contributed by atoms with E-state index < -0.39 is 0 Å². The van der Waals surface area contributed by atoms with Crippen LogP contribution in [0, 0.1) is 13.8 Å². The van der Waals surface area contributed by atoms with Gasteiger partial charge < -0.3 is 5.11 Å². The summed E-state index contributed by atoms with van der Waals surface area (Å²) in [5.74, 6) is 0.743. The van der Waals surface area contributed by atoms with Gasteiger partial charge in [-0.15, -0.1) is 0 Å². The van der Waals surface area contributed by atoms with E-state index >= 15 is 0 Å². The molecular formula is C13H13ClN2OS. The van der Waals surface area contributed by atoms with Gasteiger partial charge in [-0.1, -0.05) is 35.5 Å². The van der Waals surface area contributed by atoms with Crippen LogP contribution in [0.3, 0.4) is 0 Å². The molecule has 0 aliphatic rings. The molecule has 0 atom stereocenters. The fraction of sp³-hybridized carbons (Fsp3) is 0.231. The van der Waals surface area contributed by atoms with Gasteiger partial charge in [0.15, 0.2) is 5.16 Å². The van der Waals surface area contributed by atoms with E-state index in [-0.39, 0.29) is 5.75 Å². The Balaban J connectivity index is 2.14. The average molecular weight is 281 g/mol. The number of hydrogen-bond acceptors (Lipinski definition) is 4. The number of phenols is 1. The molecule has 1 N–H and O–H groups in total. The summed E-state index contributed by atoms with van der Waals surface area (Å²) in [4.78, 5) is 8.69. The van der Waals surface area contributed by atoms with E-state index in [2.05, 4.69) is 9.97 Å². The SMILES string of the molecule is Cc1cc(C)nc(SCc2cccc(O)c2Cl)n1. The van der Waals surface area contributed by atoms with Gasteiger partial charge in [0.05, 0.1) is 5.02 Å². The van der Waals surface area contributed by atoms with Crippen LogP contribution in [0.2, 0.25) is 5.02 Å². The van der Waals surface area contributed by atoms with Crippen molar-refractivity contribution in [1.82, 2.24) is 9.97 Å². The number of nitrogens with zero attached hydrogens (tertiary/aromatic N) is 2. The molecule has 5 heteroatoms. The second-order valence-corrected chi connectivity index (χ2v) is 5.29. The zero-order chi connectivity index (χ0) is 13.1. The number of aromatic hydroxyl groups is 1. The van der Waals surface area contributed by atoms with Crippen molar-refractivity contribution in [2.45, 2.75) is 24.8 Å². The molecule has 0 bridgehead atoms. The van der Waals surface area contributed by atoms with Gasteiger partial charge in [-0.3, -0.25) is 0 Å². The summed E-state index contributed by atoms with van der Waals surface area (Å²) in [7, 11) is 0. The lowest BCUT2D eigenvalue weighted by Gasteiger charge is -2.06. The first-order valence-electron chi connectivity index (χ1n) is 5.47. The molecule has 0 aliphatic carbocycles. The highest BCUT2D eigenvalue weighted by Crippen LogP contribution is 2.30. The fourth-order valence-corrected chi connectivity index (χ4v) is 2.79. The third-order valence-electron chi connectivity index (χ3n) is 2.38. The van der Waals surface area contributed by atoms with E-state index in [4.69, 9.17) is 11.6 Å². The molecule has 3 nitrogen and oxygen atoms in total. The summed E-state index contributed by atoms with van der Waals surface area (Å²) in [6, 6.07) is 7.17. The first kappa shape index (κ1) is 13.2. The quantitative estimate of drug-likeness (QED) is 0.687. The second-order valence-electron chi connectivity index (χ2n) is 3.97. The highest BCUT2D eigenvalue weighted by molar-refractivity contribution is 7.98. The minimum Gasteiger partial charge on any atom is -0.506 e. The Morgan fingerprint density at radius 1 is 1.22 bits per heavy atom. The Hall–Kier alpha value is -1.26. The molecule has 0 amide bonds. The predicted molar refractivity (Wildman–Crippen MR) is 74.2 cm³/mol. The largest absolute Gasteiger partial charge is 0.506 e. The van der Waals surface area contributed by atoms with Gasteiger partial charge >= 0.3 is 0 Å². The van der Waals surface area contributed by atoms with Crippen molar-refractivity contribution in [3.63, 3.8) is 0 Å². The van der Waals surface area contributed by atoms with Gasteiger partial charge in [0, 0.05) is 17.1 Å². The molecule has 1 aromatic heterocycles. The smallest absolute Gasteiger partial charge is 0.188 e. The molecule has 0 saturated heterocycles. The van der Waals surface area contributed by atoms with Crippen LogP contribution in [-0.4, -0.2) is 15.1 Å². The lowest BCUT2D eigenvalue weighted by atomic mass is 10.2. The minimum absolute atomic E-state index is 0.108.